The quantitative estimate of drug-likeness (QED) is 0.840. The van der Waals surface area contributed by atoms with Crippen molar-refractivity contribution in [3.05, 3.63) is 25.0 Å². The Morgan fingerprint density at radius 1 is 1.36 bits per heavy atom. The summed E-state index contributed by atoms with van der Waals surface area (Å²) in [5, 5.41) is 8.93. The van der Waals surface area contributed by atoms with Gasteiger partial charge in [0.2, 0.25) is 0 Å². The van der Waals surface area contributed by atoms with E-state index in [1.807, 2.05) is 0 Å². The molecule has 1 rings (SSSR count). The summed E-state index contributed by atoms with van der Waals surface area (Å²) in [6.45, 7) is 0. The highest BCUT2D eigenvalue weighted by molar-refractivity contribution is 9.11. The minimum Gasteiger partial charge on any atom is -0.494 e. The first-order valence-corrected chi connectivity index (χ1v) is 5.81. The summed E-state index contributed by atoms with van der Waals surface area (Å²) in [4.78, 5) is 10.9. The second-order valence-electron chi connectivity index (χ2n) is 2.37. The van der Waals surface area contributed by atoms with Crippen LogP contribution in [0.2, 0.25) is 0 Å². The number of hydrogen-bond acceptors (Lipinski definition) is 2. The van der Waals surface area contributed by atoms with Crippen molar-refractivity contribution in [3.8, 4) is 5.75 Å². The fraction of sp³-hybridized carbons (Fsp3) is 0.125. The van der Waals surface area contributed by atoms with Gasteiger partial charge in [0.1, 0.15) is 5.75 Å². The lowest BCUT2D eigenvalue weighted by Gasteiger charge is -2.10. The molecule has 0 aliphatic carbocycles. The van der Waals surface area contributed by atoms with Crippen molar-refractivity contribution in [2.24, 2.45) is 0 Å². The van der Waals surface area contributed by atoms with Gasteiger partial charge in [-0.15, -0.1) is 0 Å². The number of rotatable bonds is 2. The molecule has 0 aliphatic rings. The van der Waals surface area contributed by atoms with Crippen molar-refractivity contribution in [1.29, 1.82) is 0 Å². The molecule has 14 heavy (non-hydrogen) atoms. The number of carbonyl (C=O) groups is 1. The summed E-state index contributed by atoms with van der Waals surface area (Å²) in [6, 6.07) is 1.63. The Hall–Kier alpha value is -0.0700. The van der Waals surface area contributed by atoms with Crippen LogP contribution >= 0.6 is 47.8 Å². The second-order valence-corrected chi connectivity index (χ2v) is 4.87. The van der Waals surface area contributed by atoms with Gasteiger partial charge in [-0.3, -0.25) is 0 Å². The summed E-state index contributed by atoms with van der Waals surface area (Å²) >= 11 is 9.61. The summed E-state index contributed by atoms with van der Waals surface area (Å²) < 4.78 is 6.63. The first kappa shape index (κ1) is 12.0. The molecular formula is C8H5Br3O3. The van der Waals surface area contributed by atoms with Crippen molar-refractivity contribution < 1.29 is 14.6 Å². The Kier molecular flexibility index (Phi) is 3.97. The van der Waals surface area contributed by atoms with Gasteiger partial charge in [-0.05, 0) is 53.9 Å². The van der Waals surface area contributed by atoms with Crippen LogP contribution in [-0.4, -0.2) is 18.2 Å². The number of carboxylic acid groups (broad SMARTS) is 1. The first-order chi connectivity index (χ1) is 6.49. The highest BCUT2D eigenvalue weighted by Crippen LogP contribution is 2.39. The number of ether oxygens (including phenoxy) is 1. The van der Waals surface area contributed by atoms with Crippen LogP contribution in [0.1, 0.15) is 10.4 Å². The van der Waals surface area contributed by atoms with E-state index in [0.29, 0.717) is 19.2 Å². The molecular weight excluding hydrogens is 384 g/mol. The van der Waals surface area contributed by atoms with Crippen LogP contribution in [0.5, 0.6) is 5.75 Å². The van der Waals surface area contributed by atoms with E-state index in [1.165, 1.54) is 7.11 Å². The van der Waals surface area contributed by atoms with Crippen LogP contribution in [0.4, 0.5) is 0 Å². The van der Waals surface area contributed by atoms with E-state index in [2.05, 4.69) is 47.8 Å². The van der Waals surface area contributed by atoms with Crippen LogP contribution in [0, 0.1) is 0 Å². The Morgan fingerprint density at radius 3 is 2.36 bits per heavy atom. The van der Waals surface area contributed by atoms with Gasteiger partial charge < -0.3 is 9.84 Å². The van der Waals surface area contributed by atoms with Crippen molar-refractivity contribution >= 4 is 53.8 Å². The molecule has 1 N–H and O–H groups in total. The van der Waals surface area contributed by atoms with Crippen molar-refractivity contribution in [3.63, 3.8) is 0 Å². The lowest BCUT2D eigenvalue weighted by Crippen LogP contribution is -2.01. The minimum absolute atomic E-state index is 0.144. The topological polar surface area (TPSA) is 46.5 Å². The third kappa shape index (κ3) is 2.12. The van der Waals surface area contributed by atoms with E-state index in [-0.39, 0.29) is 5.56 Å². The maximum absolute atomic E-state index is 10.9. The summed E-state index contributed by atoms with van der Waals surface area (Å²) in [5.74, 6) is -0.555. The fourth-order valence-corrected chi connectivity index (χ4v) is 3.74. The van der Waals surface area contributed by atoms with Crippen LogP contribution in [0.25, 0.3) is 0 Å². The smallest absolute Gasteiger partial charge is 0.338 e. The molecule has 1 aromatic carbocycles. The normalized spacial score (nSPS) is 10.0. The predicted molar refractivity (Wildman–Crippen MR) is 63.1 cm³/mol. The lowest BCUT2D eigenvalue weighted by molar-refractivity contribution is 0.0694. The van der Waals surface area contributed by atoms with E-state index in [9.17, 15) is 4.79 Å². The van der Waals surface area contributed by atoms with E-state index >= 15 is 0 Å². The zero-order valence-electron chi connectivity index (χ0n) is 6.97. The molecule has 0 bridgehead atoms. The summed E-state index contributed by atoms with van der Waals surface area (Å²) in [6.07, 6.45) is 0. The van der Waals surface area contributed by atoms with E-state index < -0.39 is 5.97 Å². The summed E-state index contributed by atoms with van der Waals surface area (Å²) in [7, 11) is 1.48. The minimum atomic E-state index is -1.02. The van der Waals surface area contributed by atoms with Crippen molar-refractivity contribution in [1.82, 2.24) is 0 Å². The summed E-state index contributed by atoms with van der Waals surface area (Å²) in [5.41, 5.74) is 0.144. The SMILES string of the molecule is COc1c(Br)cc(Br)c(C(=O)O)c1Br. The number of benzene rings is 1. The molecule has 0 radical (unpaired) electrons. The van der Waals surface area contributed by atoms with Gasteiger partial charge in [0.15, 0.2) is 0 Å². The molecule has 0 fully saturated rings. The van der Waals surface area contributed by atoms with E-state index in [1.54, 1.807) is 6.07 Å². The molecule has 0 unspecified atom stereocenters. The number of aromatic carboxylic acids is 1. The highest BCUT2D eigenvalue weighted by atomic mass is 79.9. The van der Waals surface area contributed by atoms with Crippen LogP contribution in [0.15, 0.2) is 19.5 Å². The van der Waals surface area contributed by atoms with Gasteiger partial charge in [0.05, 0.1) is 21.6 Å². The average Bonchev–Trinajstić information content (AvgIpc) is 2.02. The third-order valence-electron chi connectivity index (χ3n) is 1.55. The molecule has 6 heteroatoms. The Labute approximate surface area is 106 Å². The standard InChI is InChI=1S/C8H5Br3O3/c1-14-7-4(10)2-3(9)5(6(7)11)8(12)13/h2H,1H3,(H,12,13). The number of hydrogen-bond donors (Lipinski definition) is 1. The van der Waals surface area contributed by atoms with Crippen molar-refractivity contribution in [2.75, 3.05) is 7.11 Å². The van der Waals surface area contributed by atoms with Gasteiger partial charge in [-0.1, -0.05) is 0 Å². The average molecular weight is 389 g/mol. The zero-order chi connectivity index (χ0) is 10.9. The largest absolute Gasteiger partial charge is 0.494 e. The Morgan fingerprint density at radius 2 is 1.93 bits per heavy atom. The number of halogens is 3. The molecule has 0 heterocycles. The van der Waals surface area contributed by atoms with Crippen molar-refractivity contribution in [2.45, 2.75) is 0 Å². The van der Waals surface area contributed by atoms with E-state index in [0.717, 1.165) is 0 Å². The molecule has 0 aliphatic heterocycles. The molecule has 0 spiro atoms. The molecule has 0 saturated carbocycles. The van der Waals surface area contributed by atoms with Gasteiger partial charge in [0.25, 0.3) is 0 Å². The maximum Gasteiger partial charge on any atom is 0.338 e. The van der Waals surface area contributed by atoms with E-state index in [4.69, 9.17) is 9.84 Å². The van der Waals surface area contributed by atoms with Gasteiger partial charge in [-0.2, -0.15) is 0 Å². The lowest BCUT2D eigenvalue weighted by atomic mass is 10.2. The van der Waals surface area contributed by atoms with Gasteiger partial charge in [0, 0.05) is 4.47 Å². The maximum atomic E-state index is 10.9. The van der Waals surface area contributed by atoms with Crippen LogP contribution < -0.4 is 4.74 Å². The highest BCUT2D eigenvalue weighted by Gasteiger charge is 2.19. The van der Waals surface area contributed by atoms with Crippen LogP contribution in [0.3, 0.4) is 0 Å². The van der Waals surface area contributed by atoms with Gasteiger partial charge >= 0.3 is 5.97 Å². The number of carboxylic acids is 1. The zero-order valence-corrected chi connectivity index (χ0v) is 11.7. The monoisotopic (exact) mass is 386 g/mol. The molecule has 0 saturated heterocycles. The predicted octanol–water partition coefficient (Wildman–Crippen LogP) is 3.68. The number of methoxy groups -OCH3 is 1. The first-order valence-electron chi connectivity index (χ1n) is 3.43. The fourth-order valence-electron chi connectivity index (χ4n) is 0.955. The van der Waals surface area contributed by atoms with Crippen LogP contribution in [-0.2, 0) is 0 Å². The Bertz CT molecular complexity index is 390. The third-order valence-corrected chi connectivity index (χ3v) is 3.52. The molecule has 0 atom stereocenters. The molecule has 0 amide bonds. The molecule has 0 aromatic heterocycles. The molecule has 1 aromatic rings. The second kappa shape index (κ2) is 4.63. The molecule has 3 nitrogen and oxygen atoms in total. The molecule has 76 valence electrons. The Balaban J connectivity index is 3.52. The van der Waals surface area contributed by atoms with Gasteiger partial charge in [-0.25, -0.2) is 4.79 Å².